The average Bonchev–Trinajstić information content (AvgIpc) is 3.05. The number of sulfone groups is 1. The number of ether oxygens (including phenoxy) is 1. The van der Waals surface area contributed by atoms with Crippen LogP contribution in [0.2, 0.25) is 0 Å². The summed E-state index contributed by atoms with van der Waals surface area (Å²) >= 11 is 0.575. The normalized spacial score (nSPS) is 12.9. The van der Waals surface area contributed by atoms with Crippen LogP contribution in [0.3, 0.4) is 0 Å². The summed E-state index contributed by atoms with van der Waals surface area (Å²) in [5.74, 6) is -0.222. The van der Waals surface area contributed by atoms with Crippen molar-refractivity contribution in [2.24, 2.45) is 10.6 Å². The van der Waals surface area contributed by atoms with Crippen molar-refractivity contribution in [1.29, 1.82) is 0 Å². The maximum atomic E-state index is 12.6. The zero-order valence-electron chi connectivity index (χ0n) is 15.9. The molecule has 1 aromatic carbocycles. The molecule has 28 heavy (non-hydrogen) atoms. The average molecular weight is 447 g/mol. The molecule has 0 bridgehead atoms. The Hall–Kier alpha value is -1.79. The van der Waals surface area contributed by atoms with Crippen LogP contribution in [-0.2, 0) is 24.7 Å². The van der Waals surface area contributed by atoms with Crippen molar-refractivity contribution in [1.82, 2.24) is 4.90 Å². The Labute approximate surface area is 168 Å². The Morgan fingerprint density at radius 3 is 2.04 bits per heavy atom. The van der Waals surface area contributed by atoms with Gasteiger partial charge in [-0.05, 0) is 64.3 Å². The maximum Gasteiger partial charge on any atom is 0.318 e. The molecule has 0 radical (unpaired) electrons. The van der Waals surface area contributed by atoms with Gasteiger partial charge in [0.1, 0.15) is 14.2 Å². The summed E-state index contributed by atoms with van der Waals surface area (Å²) in [7, 11) is -4.20. The van der Waals surface area contributed by atoms with Crippen molar-refractivity contribution < 1.29 is 26.4 Å². The van der Waals surface area contributed by atoms with Crippen LogP contribution in [0.15, 0.2) is 49.7 Å². The van der Waals surface area contributed by atoms with E-state index < -0.39 is 31.2 Å². The van der Waals surface area contributed by atoms with Crippen molar-refractivity contribution in [3.63, 3.8) is 0 Å². The van der Waals surface area contributed by atoms with E-state index in [2.05, 4.69) is 0 Å². The summed E-state index contributed by atoms with van der Waals surface area (Å²) in [6.45, 7) is 4.01. The third-order valence-corrected chi connectivity index (χ3v) is 8.50. The molecule has 0 aliphatic heterocycles. The summed E-state index contributed by atoms with van der Waals surface area (Å²) in [6, 6.07) is 7.70. The van der Waals surface area contributed by atoms with Crippen molar-refractivity contribution in [3.05, 3.63) is 36.4 Å². The first kappa shape index (κ1) is 22.5. The SMILES string of the molecule is CN(C)CC(C)(C)C(=O)Oc1ccc(S(=O)(=O)c2ccc(S(N)(=O)=O)s2)cc1. The monoisotopic (exact) mass is 446 g/mol. The second-order valence-electron chi connectivity index (χ2n) is 7.10. The lowest BCUT2D eigenvalue weighted by molar-refractivity contribution is -0.144. The predicted octanol–water partition coefficient (Wildman–Crippen LogP) is 1.72. The second-order valence-corrected chi connectivity index (χ2v) is 12.2. The van der Waals surface area contributed by atoms with E-state index in [1.165, 1.54) is 30.3 Å². The maximum absolute atomic E-state index is 12.6. The summed E-state index contributed by atoms with van der Waals surface area (Å²) < 4.78 is 53.0. The molecule has 11 heteroatoms. The van der Waals surface area contributed by atoms with Crippen molar-refractivity contribution in [3.8, 4) is 5.75 Å². The van der Waals surface area contributed by atoms with E-state index in [0.29, 0.717) is 17.9 Å². The minimum Gasteiger partial charge on any atom is -0.426 e. The molecule has 154 valence electrons. The highest BCUT2D eigenvalue weighted by atomic mass is 32.3. The second kappa shape index (κ2) is 7.91. The number of hydrogen-bond acceptors (Lipinski definition) is 8. The van der Waals surface area contributed by atoms with Gasteiger partial charge >= 0.3 is 5.97 Å². The predicted molar refractivity (Wildman–Crippen MR) is 106 cm³/mol. The molecule has 0 fully saturated rings. The molecule has 1 heterocycles. The molecule has 0 saturated heterocycles. The highest BCUT2D eigenvalue weighted by Crippen LogP contribution is 2.30. The standard InChI is InChI=1S/C17H22N2O6S3/c1-17(2,11-19(3)4)16(20)25-12-5-7-13(8-6-12)27(21,22)14-9-10-15(26-14)28(18,23)24/h5-10H,11H2,1-4H3,(H2,18,23,24). The number of carbonyl (C=O) groups excluding carboxylic acids is 1. The minimum atomic E-state index is -3.97. The van der Waals surface area contributed by atoms with Crippen LogP contribution in [0.4, 0.5) is 0 Å². The zero-order chi connectivity index (χ0) is 21.3. The van der Waals surface area contributed by atoms with E-state index >= 15 is 0 Å². The van der Waals surface area contributed by atoms with Gasteiger partial charge in [0, 0.05) is 6.54 Å². The number of nitrogens with two attached hydrogens (primary N) is 1. The molecule has 2 rings (SSSR count). The van der Waals surface area contributed by atoms with Gasteiger partial charge in [0.15, 0.2) is 0 Å². The van der Waals surface area contributed by atoms with Crippen molar-refractivity contribution in [2.45, 2.75) is 27.2 Å². The number of sulfonamides is 1. The van der Waals surface area contributed by atoms with Gasteiger partial charge < -0.3 is 9.64 Å². The van der Waals surface area contributed by atoms with Crippen LogP contribution >= 0.6 is 11.3 Å². The third kappa shape index (κ3) is 5.17. The summed E-state index contributed by atoms with van der Waals surface area (Å²) in [6.07, 6.45) is 0. The van der Waals surface area contributed by atoms with Gasteiger partial charge in [0.2, 0.25) is 19.9 Å². The van der Waals surface area contributed by atoms with E-state index in [9.17, 15) is 21.6 Å². The fourth-order valence-corrected chi connectivity index (χ4v) is 6.10. The van der Waals surface area contributed by atoms with Crippen LogP contribution in [0.1, 0.15) is 13.8 Å². The van der Waals surface area contributed by atoms with Crippen LogP contribution in [-0.4, -0.2) is 48.3 Å². The highest BCUT2D eigenvalue weighted by Gasteiger charge is 2.30. The number of thiophene rings is 1. The molecule has 8 nitrogen and oxygen atoms in total. The Bertz CT molecular complexity index is 1070. The largest absolute Gasteiger partial charge is 0.426 e. The zero-order valence-corrected chi connectivity index (χ0v) is 18.3. The Balaban J connectivity index is 2.22. The summed E-state index contributed by atoms with van der Waals surface area (Å²) in [5, 5.41) is 5.02. The van der Waals surface area contributed by atoms with Gasteiger partial charge in [-0.1, -0.05) is 0 Å². The number of carbonyl (C=O) groups is 1. The first-order valence-electron chi connectivity index (χ1n) is 8.08. The van der Waals surface area contributed by atoms with Crippen molar-refractivity contribution in [2.75, 3.05) is 20.6 Å². The summed E-state index contributed by atoms with van der Waals surface area (Å²) in [5.41, 5.74) is -0.741. The lowest BCUT2D eigenvalue weighted by Gasteiger charge is -2.25. The number of primary sulfonamides is 1. The van der Waals surface area contributed by atoms with E-state index in [1.54, 1.807) is 13.8 Å². The highest BCUT2D eigenvalue weighted by molar-refractivity contribution is 7.95. The van der Waals surface area contributed by atoms with Crippen LogP contribution in [0.25, 0.3) is 0 Å². The molecule has 1 aromatic heterocycles. The number of hydrogen-bond donors (Lipinski definition) is 1. The van der Waals surface area contributed by atoms with Gasteiger partial charge in [0.25, 0.3) is 0 Å². The summed E-state index contributed by atoms with van der Waals surface area (Å²) in [4.78, 5) is 14.2. The van der Waals surface area contributed by atoms with Gasteiger partial charge in [-0.15, -0.1) is 11.3 Å². The Morgan fingerprint density at radius 2 is 1.57 bits per heavy atom. The molecule has 2 N–H and O–H groups in total. The van der Waals surface area contributed by atoms with Gasteiger partial charge in [-0.3, -0.25) is 4.79 Å². The van der Waals surface area contributed by atoms with E-state index in [-0.39, 0.29) is 19.1 Å². The third-order valence-electron chi connectivity index (χ3n) is 3.71. The Morgan fingerprint density at radius 1 is 1.04 bits per heavy atom. The quantitative estimate of drug-likeness (QED) is 0.507. The number of benzene rings is 1. The number of nitrogens with zero attached hydrogens (tertiary/aromatic N) is 1. The van der Waals surface area contributed by atoms with Gasteiger partial charge in [0.05, 0.1) is 10.3 Å². The first-order valence-corrected chi connectivity index (χ1v) is 11.9. The fraction of sp³-hybridized carbons (Fsp3) is 0.353. The van der Waals surface area contributed by atoms with Crippen LogP contribution in [0.5, 0.6) is 5.75 Å². The molecule has 0 spiro atoms. The molecule has 0 unspecified atom stereocenters. The first-order chi connectivity index (χ1) is 12.7. The lowest BCUT2D eigenvalue weighted by atomic mass is 9.93. The van der Waals surface area contributed by atoms with Crippen LogP contribution < -0.4 is 9.88 Å². The molecule has 0 aliphatic carbocycles. The topological polar surface area (TPSA) is 124 Å². The number of esters is 1. The molecule has 0 aliphatic rings. The van der Waals surface area contributed by atoms with E-state index in [4.69, 9.17) is 9.88 Å². The van der Waals surface area contributed by atoms with E-state index in [1.807, 2.05) is 19.0 Å². The van der Waals surface area contributed by atoms with Crippen LogP contribution in [0, 0.1) is 5.41 Å². The molecular weight excluding hydrogens is 424 g/mol. The molecule has 0 amide bonds. The number of rotatable bonds is 7. The van der Waals surface area contributed by atoms with Crippen molar-refractivity contribution >= 4 is 37.2 Å². The van der Waals surface area contributed by atoms with Gasteiger partial charge in [-0.2, -0.15) is 0 Å². The molecular formula is C17H22N2O6S3. The molecule has 0 atom stereocenters. The Kier molecular flexibility index (Phi) is 6.36. The lowest BCUT2D eigenvalue weighted by Crippen LogP contribution is -2.38. The van der Waals surface area contributed by atoms with E-state index in [0.717, 1.165) is 6.07 Å². The molecule has 0 saturated carbocycles. The molecule has 2 aromatic rings. The minimum absolute atomic E-state index is 0.0531. The smallest absolute Gasteiger partial charge is 0.318 e. The fourth-order valence-electron chi connectivity index (χ4n) is 2.50. The van der Waals surface area contributed by atoms with Gasteiger partial charge in [-0.25, -0.2) is 22.0 Å².